The highest BCUT2D eigenvalue weighted by atomic mass is 32.1. The lowest BCUT2D eigenvalue weighted by atomic mass is 10.1. The van der Waals surface area contributed by atoms with Gasteiger partial charge in [0.1, 0.15) is 5.56 Å². The normalized spacial score (nSPS) is 15.9. The second-order valence-electron chi connectivity index (χ2n) is 5.38. The van der Waals surface area contributed by atoms with Crippen LogP contribution < -0.4 is 5.56 Å². The van der Waals surface area contributed by atoms with Gasteiger partial charge in [-0.05, 0) is 50.5 Å². The van der Waals surface area contributed by atoms with Crippen LogP contribution in [0.1, 0.15) is 43.0 Å². The number of nitrogens with one attached hydrogen (secondary N) is 1. The molecule has 0 unspecified atom stereocenters. The molecule has 2 heterocycles. The van der Waals surface area contributed by atoms with E-state index < -0.39 is 0 Å². The summed E-state index contributed by atoms with van der Waals surface area (Å²) in [6.07, 6.45) is 4.49. The summed E-state index contributed by atoms with van der Waals surface area (Å²) in [6.45, 7) is 3.88. The number of aromatic amines is 1. The van der Waals surface area contributed by atoms with E-state index in [1.165, 1.54) is 12.8 Å². The lowest BCUT2D eigenvalue weighted by molar-refractivity contribution is 0.488. The van der Waals surface area contributed by atoms with Gasteiger partial charge < -0.3 is 8.98 Å². The third-order valence-corrected chi connectivity index (χ3v) is 4.15. The third kappa shape index (κ3) is 2.14. The number of rotatable bonds is 2. The van der Waals surface area contributed by atoms with Crippen LogP contribution in [0.4, 0.5) is 0 Å². The van der Waals surface area contributed by atoms with Gasteiger partial charge in [-0.25, -0.2) is 5.10 Å². The van der Waals surface area contributed by atoms with Gasteiger partial charge in [-0.15, -0.1) is 5.10 Å². The van der Waals surface area contributed by atoms with Crippen molar-refractivity contribution in [3.8, 4) is 11.5 Å². The molecule has 20 heavy (non-hydrogen) atoms. The molecule has 5 nitrogen and oxygen atoms in total. The van der Waals surface area contributed by atoms with Crippen molar-refractivity contribution in [3.05, 3.63) is 32.5 Å². The Kier molecular flexibility index (Phi) is 3.33. The van der Waals surface area contributed by atoms with E-state index >= 15 is 0 Å². The van der Waals surface area contributed by atoms with Crippen LogP contribution in [-0.2, 0) is 0 Å². The van der Waals surface area contributed by atoms with Gasteiger partial charge >= 0.3 is 0 Å². The van der Waals surface area contributed by atoms with Gasteiger partial charge in [-0.3, -0.25) is 4.79 Å². The molecular weight excluding hydrogens is 274 g/mol. The van der Waals surface area contributed by atoms with Crippen LogP contribution >= 0.6 is 12.2 Å². The number of hydrogen-bond donors (Lipinski definition) is 1. The Morgan fingerprint density at radius 3 is 2.70 bits per heavy atom. The molecular formula is C14H17N3O2S. The standard InChI is InChI=1S/C14H17N3O2S/c1-8-7-9(2)17(10-5-3-4-6-10)13(18)11(8)12-15-16-14(20)19-12/h7,10H,3-6H2,1-2H3,(H,16,20). The van der Waals surface area contributed by atoms with Crippen molar-refractivity contribution < 1.29 is 4.42 Å². The van der Waals surface area contributed by atoms with Crippen LogP contribution in [0.2, 0.25) is 0 Å². The molecule has 0 bridgehead atoms. The average molecular weight is 291 g/mol. The lowest BCUT2D eigenvalue weighted by Gasteiger charge is -2.18. The second-order valence-corrected chi connectivity index (χ2v) is 5.75. The van der Waals surface area contributed by atoms with Gasteiger partial charge in [0.25, 0.3) is 16.3 Å². The molecule has 0 atom stereocenters. The van der Waals surface area contributed by atoms with Crippen molar-refractivity contribution >= 4 is 12.2 Å². The minimum absolute atomic E-state index is 0.0281. The third-order valence-electron chi connectivity index (χ3n) is 3.97. The molecule has 1 aliphatic carbocycles. The molecule has 1 N–H and O–H groups in total. The van der Waals surface area contributed by atoms with E-state index in [0.717, 1.165) is 24.1 Å². The summed E-state index contributed by atoms with van der Waals surface area (Å²) < 4.78 is 7.21. The van der Waals surface area contributed by atoms with E-state index in [2.05, 4.69) is 10.2 Å². The van der Waals surface area contributed by atoms with Gasteiger partial charge in [-0.2, -0.15) is 0 Å². The Bertz CT molecular complexity index is 751. The molecule has 0 radical (unpaired) electrons. The van der Waals surface area contributed by atoms with Crippen molar-refractivity contribution in [2.24, 2.45) is 0 Å². The molecule has 0 saturated heterocycles. The first kappa shape index (κ1) is 13.3. The first-order valence-corrected chi connectivity index (χ1v) is 7.27. The SMILES string of the molecule is Cc1cc(C)n(C2CCCC2)c(=O)c1-c1n[nH]c(=S)o1. The molecule has 6 heteroatoms. The summed E-state index contributed by atoms with van der Waals surface area (Å²) in [7, 11) is 0. The highest BCUT2D eigenvalue weighted by molar-refractivity contribution is 7.71. The summed E-state index contributed by atoms with van der Waals surface area (Å²) in [5.41, 5.74) is 2.35. The monoisotopic (exact) mass is 291 g/mol. The lowest BCUT2D eigenvalue weighted by Crippen LogP contribution is -2.27. The minimum Gasteiger partial charge on any atom is -0.409 e. The Balaban J connectivity index is 2.22. The van der Waals surface area contributed by atoms with Gasteiger partial charge in [0.15, 0.2) is 0 Å². The van der Waals surface area contributed by atoms with Crippen LogP contribution in [0.3, 0.4) is 0 Å². The Morgan fingerprint density at radius 2 is 2.10 bits per heavy atom. The second kappa shape index (κ2) is 5.01. The predicted molar refractivity (Wildman–Crippen MR) is 78.4 cm³/mol. The minimum atomic E-state index is -0.0281. The highest BCUT2D eigenvalue weighted by Crippen LogP contribution is 2.30. The maximum absolute atomic E-state index is 12.8. The van der Waals surface area contributed by atoms with Crippen LogP contribution in [0, 0.1) is 18.7 Å². The summed E-state index contributed by atoms with van der Waals surface area (Å²) >= 11 is 4.89. The smallest absolute Gasteiger partial charge is 0.284 e. The van der Waals surface area contributed by atoms with E-state index in [1.54, 1.807) is 0 Å². The fraction of sp³-hybridized carbons (Fsp3) is 0.500. The van der Waals surface area contributed by atoms with Crippen LogP contribution in [0.15, 0.2) is 15.3 Å². The van der Waals surface area contributed by atoms with Crippen LogP contribution in [0.5, 0.6) is 0 Å². The molecule has 0 spiro atoms. The first-order chi connectivity index (χ1) is 9.58. The highest BCUT2D eigenvalue weighted by Gasteiger charge is 2.23. The number of nitrogens with zero attached hydrogens (tertiary/aromatic N) is 2. The molecule has 106 valence electrons. The molecule has 0 aliphatic heterocycles. The average Bonchev–Trinajstić information content (AvgIpc) is 3.01. The molecule has 0 aromatic carbocycles. The zero-order valence-electron chi connectivity index (χ0n) is 11.6. The number of pyridine rings is 1. The quantitative estimate of drug-likeness (QED) is 0.862. The summed E-state index contributed by atoms with van der Waals surface area (Å²) in [4.78, 5) is 13.0. The molecule has 2 aromatic rings. The van der Waals surface area contributed by atoms with E-state index in [-0.39, 0.29) is 16.3 Å². The fourth-order valence-electron chi connectivity index (χ4n) is 3.12. The molecule has 1 aliphatic rings. The van der Waals surface area contributed by atoms with E-state index in [4.69, 9.17) is 16.6 Å². The topological polar surface area (TPSA) is 63.8 Å². The number of aryl methyl sites for hydroxylation is 2. The van der Waals surface area contributed by atoms with Crippen molar-refractivity contribution in [1.82, 2.24) is 14.8 Å². The zero-order chi connectivity index (χ0) is 14.3. The van der Waals surface area contributed by atoms with E-state index in [1.807, 2.05) is 24.5 Å². The Hall–Kier alpha value is -1.69. The molecule has 3 rings (SSSR count). The Labute approximate surface area is 121 Å². The summed E-state index contributed by atoms with van der Waals surface area (Å²) in [5, 5.41) is 6.57. The van der Waals surface area contributed by atoms with Gasteiger partial charge in [0.2, 0.25) is 0 Å². The van der Waals surface area contributed by atoms with Crippen LogP contribution in [0.25, 0.3) is 11.5 Å². The van der Waals surface area contributed by atoms with Crippen molar-refractivity contribution in [2.75, 3.05) is 0 Å². The first-order valence-electron chi connectivity index (χ1n) is 6.86. The maximum atomic E-state index is 12.8. The van der Waals surface area contributed by atoms with E-state index in [9.17, 15) is 4.79 Å². The van der Waals surface area contributed by atoms with Crippen molar-refractivity contribution in [3.63, 3.8) is 0 Å². The maximum Gasteiger partial charge on any atom is 0.284 e. The Morgan fingerprint density at radius 1 is 1.40 bits per heavy atom. The summed E-state index contributed by atoms with van der Waals surface area (Å²) in [5.74, 6) is 0.282. The van der Waals surface area contributed by atoms with Gasteiger partial charge in [-0.1, -0.05) is 12.8 Å². The molecule has 1 fully saturated rings. The van der Waals surface area contributed by atoms with Gasteiger partial charge in [0, 0.05) is 11.7 Å². The number of H-pyrrole nitrogens is 1. The molecule has 2 aromatic heterocycles. The predicted octanol–water partition coefficient (Wildman–Crippen LogP) is 3.29. The van der Waals surface area contributed by atoms with Gasteiger partial charge in [0.05, 0.1) is 0 Å². The summed E-state index contributed by atoms with van der Waals surface area (Å²) in [6, 6.07) is 2.31. The number of aromatic nitrogens is 3. The zero-order valence-corrected chi connectivity index (χ0v) is 12.4. The van der Waals surface area contributed by atoms with E-state index in [0.29, 0.717) is 11.6 Å². The van der Waals surface area contributed by atoms with Crippen molar-refractivity contribution in [2.45, 2.75) is 45.6 Å². The fourth-order valence-corrected chi connectivity index (χ4v) is 3.24. The largest absolute Gasteiger partial charge is 0.409 e. The molecule has 0 amide bonds. The van der Waals surface area contributed by atoms with Crippen LogP contribution in [-0.4, -0.2) is 14.8 Å². The molecule has 1 saturated carbocycles. The van der Waals surface area contributed by atoms with Crippen molar-refractivity contribution in [1.29, 1.82) is 0 Å². The number of hydrogen-bond acceptors (Lipinski definition) is 4.